The van der Waals surface area contributed by atoms with Crippen molar-refractivity contribution in [3.63, 3.8) is 0 Å². The molecule has 14 heavy (non-hydrogen) atoms. The van der Waals surface area contributed by atoms with Crippen LogP contribution in [0.1, 0.15) is 31.9 Å². The third-order valence-electron chi connectivity index (χ3n) is 2.77. The van der Waals surface area contributed by atoms with Crippen LogP contribution in [-0.2, 0) is 6.54 Å². The molecule has 1 atom stereocenters. The van der Waals surface area contributed by atoms with Gasteiger partial charge in [-0.15, -0.1) is 0 Å². The molecule has 3 heteroatoms. The summed E-state index contributed by atoms with van der Waals surface area (Å²) in [6.07, 6.45) is 3.18. The lowest BCUT2D eigenvalue weighted by atomic mass is 10.0. The van der Waals surface area contributed by atoms with Crippen molar-refractivity contribution >= 4 is 0 Å². The van der Waals surface area contributed by atoms with Crippen LogP contribution in [0.2, 0.25) is 0 Å². The highest BCUT2D eigenvalue weighted by Gasteiger charge is 2.20. The van der Waals surface area contributed by atoms with Gasteiger partial charge in [-0.3, -0.25) is 4.68 Å². The minimum atomic E-state index is 0.669. The molecule has 0 bridgehead atoms. The molecular weight excluding hydrogens is 174 g/mol. The molecule has 1 N–H and O–H groups in total. The molecule has 1 aromatic rings. The Hall–Kier alpha value is -0.830. The molecule has 1 fully saturated rings. The molecule has 3 nitrogen and oxygen atoms in total. The Morgan fingerprint density at radius 2 is 2.50 bits per heavy atom. The van der Waals surface area contributed by atoms with Gasteiger partial charge in [-0.25, -0.2) is 0 Å². The lowest BCUT2D eigenvalue weighted by molar-refractivity contribution is 0.457. The molecule has 2 rings (SSSR count). The molecule has 2 heterocycles. The van der Waals surface area contributed by atoms with E-state index >= 15 is 0 Å². The molecule has 0 spiro atoms. The topological polar surface area (TPSA) is 29.9 Å². The van der Waals surface area contributed by atoms with Gasteiger partial charge in [-0.1, -0.05) is 13.8 Å². The van der Waals surface area contributed by atoms with Crippen LogP contribution in [0.4, 0.5) is 0 Å². The number of hydrogen-bond donors (Lipinski definition) is 1. The monoisotopic (exact) mass is 193 g/mol. The molecule has 1 aromatic heterocycles. The average Bonchev–Trinajstić information content (AvgIpc) is 2.70. The summed E-state index contributed by atoms with van der Waals surface area (Å²) < 4.78 is 2.17. The summed E-state index contributed by atoms with van der Waals surface area (Å²) in [7, 11) is 0. The molecule has 78 valence electrons. The summed E-state index contributed by atoms with van der Waals surface area (Å²) in [5, 5.41) is 7.79. The minimum absolute atomic E-state index is 0.669. The third kappa shape index (κ3) is 1.98. The quantitative estimate of drug-likeness (QED) is 0.790. The summed E-state index contributed by atoms with van der Waals surface area (Å²) >= 11 is 0. The van der Waals surface area contributed by atoms with Gasteiger partial charge < -0.3 is 5.32 Å². The highest BCUT2D eigenvalue weighted by Crippen LogP contribution is 2.22. The van der Waals surface area contributed by atoms with Gasteiger partial charge in [-0.2, -0.15) is 5.10 Å². The first-order valence-corrected chi connectivity index (χ1v) is 5.50. The maximum absolute atomic E-state index is 4.39. The minimum Gasteiger partial charge on any atom is -0.316 e. The van der Waals surface area contributed by atoms with E-state index in [9.17, 15) is 0 Å². The Morgan fingerprint density at radius 1 is 1.64 bits per heavy atom. The molecule has 0 aromatic carbocycles. The second-order valence-electron chi connectivity index (χ2n) is 4.52. The van der Waals surface area contributed by atoms with Crippen molar-refractivity contribution in [1.82, 2.24) is 15.1 Å². The van der Waals surface area contributed by atoms with Crippen LogP contribution >= 0.6 is 0 Å². The van der Waals surface area contributed by atoms with Crippen LogP contribution in [0.3, 0.4) is 0 Å². The van der Waals surface area contributed by atoms with E-state index in [1.54, 1.807) is 0 Å². The van der Waals surface area contributed by atoms with Crippen LogP contribution in [-0.4, -0.2) is 22.9 Å². The molecule has 0 radical (unpaired) electrons. The average molecular weight is 193 g/mol. The predicted octanol–water partition coefficient (Wildman–Crippen LogP) is 1.62. The van der Waals surface area contributed by atoms with Crippen LogP contribution in [0.15, 0.2) is 12.3 Å². The van der Waals surface area contributed by atoms with E-state index in [0.29, 0.717) is 11.8 Å². The summed E-state index contributed by atoms with van der Waals surface area (Å²) in [5.74, 6) is 1.35. The first kappa shape index (κ1) is 9.71. The summed E-state index contributed by atoms with van der Waals surface area (Å²) in [5.41, 5.74) is 1.41. The van der Waals surface area contributed by atoms with Gasteiger partial charge in [-0.05, 0) is 24.9 Å². The van der Waals surface area contributed by atoms with Gasteiger partial charge in [0.05, 0.1) is 0 Å². The lowest BCUT2D eigenvalue weighted by Gasteiger charge is -2.13. The van der Waals surface area contributed by atoms with Crippen molar-refractivity contribution in [2.24, 2.45) is 5.92 Å². The van der Waals surface area contributed by atoms with Crippen LogP contribution in [0.25, 0.3) is 0 Å². The Balaban J connectivity index is 2.12. The van der Waals surface area contributed by atoms with Gasteiger partial charge in [0.25, 0.3) is 0 Å². The van der Waals surface area contributed by atoms with E-state index < -0.39 is 0 Å². The second-order valence-corrected chi connectivity index (χ2v) is 4.52. The van der Waals surface area contributed by atoms with Gasteiger partial charge in [0, 0.05) is 30.9 Å². The van der Waals surface area contributed by atoms with E-state index in [-0.39, 0.29) is 0 Å². The molecular formula is C11H19N3. The van der Waals surface area contributed by atoms with Gasteiger partial charge in [0.2, 0.25) is 0 Å². The number of rotatable bonds is 3. The van der Waals surface area contributed by atoms with Gasteiger partial charge in [0.15, 0.2) is 0 Å². The number of aromatic nitrogens is 2. The highest BCUT2D eigenvalue weighted by molar-refractivity contribution is 5.10. The zero-order chi connectivity index (χ0) is 9.97. The molecule has 1 aliphatic heterocycles. The summed E-state index contributed by atoms with van der Waals surface area (Å²) in [6.45, 7) is 7.77. The fourth-order valence-electron chi connectivity index (χ4n) is 2.10. The molecule has 1 unspecified atom stereocenters. The zero-order valence-corrected chi connectivity index (χ0v) is 9.03. The van der Waals surface area contributed by atoms with Crippen molar-refractivity contribution in [3.8, 4) is 0 Å². The van der Waals surface area contributed by atoms with Crippen LogP contribution < -0.4 is 5.32 Å². The Kier molecular flexibility index (Phi) is 2.87. The van der Waals surface area contributed by atoms with E-state index in [0.717, 1.165) is 19.6 Å². The maximum atomic E-state index is 4.39. The zero-order valence-electron chi connectivity index (χ0n) is 9.03. The third-order valence-corrected chi connectivity index (χ3v) is 2.77. The predicted molar refractivity (Wildman–Crippen MR) is 57.3 cm³/mol. The standard InChI is InChI=1S/C11H19N3/c1-9(2)8-14-11(4-6-13-14)10-3-5-12-7-10/h4,6,9-10,12H,3,5,7-8H2,1-2H3. The number of hydrogen-bond acceptors (Lipinski definition) is 2. The van der Waals surface area contributed by atoms with E-state index in [1.165, 1.54) is 12.1 Å². The first-order chi connectivity index (χ1) is 6.77. The Labute approximate surface area is 85.5 Å². The van der Waals surface area contributed by atoms with Crippen LogP contribution in [0.5, 0.6) is 0 Å². The molecule has 0 saturated carbocycles. The summed E-state index contributed by atoms with van der Waals surface area (Å²) in [4.78, 5) is 0. The van der Waals surface area contributed by atoms with Crippen molar-refractivity contribution < 1.29 is 0 Å². The molecule has 1 saturated heterocycles. The van der Waals surface area contributed by atoms with Crippen LogP contribution in [0, 0.1) is 5.92 Å². The smallest absolute Gasteiger partial charge is 0.0492 e. The highest BCUT2D eigenvalue weighted by atomic mass is 15.3. The van der Waals surface area contributed by atoms with Gasteiger partial charge in [0.1, 0.15) is 0 Å². The molecule has 1 aliphatic rings. The van der Waals surface area contributed by atoms with E-state index in [1.807, 2.05) is 6.20 Å². The van der Waals surface area contributed by atoms with Crippen molar-refractivity contribution in [2.75, 3.05) is 13.1 Å². The fraction of sp³-hybridized carbons (Fsp3) is 0.727. The molecule has 0 amide bonds. The van der Waals surface area contributed by atoms with E-state index in [4.69, 9.17) is 0 Å². The van der Waals surface area contributed by atoms with Gasteiger partial charge >= 0.3 is 0 Å². The Bertz CT molecular complexity index is 284. The normalized spacial score (nSPS) is 22.1. The fourth-order valence-corrected chi connectivity index (χ4v) is 2.10. The SMILES string of the molecule is CC(C)Cn1nccc1C1CCNC1. The largest absolute Gasteiger partial charge is 0.316 e. The number of nitrogens with one attached hydrogen (secondary N) is 1. The van der Waals surface area contributed by atoms with Crippen molar-refractivity contribution in [1.29, 1.82) is 0 Å². The maximum Gasteiger partial charge on any atom is 0.0492 e. The van der Waals surface area contributed by atoms with Crippen molar-refractivity contribution in [2.45, 2.75) is 32.7 Å². The Morgan fingerprint density at radius 3 is 3.14 bits per heavy atom. The first-order valence-electron chi connectivity index (χ1n) is 5.50. The van der Waals surface area contributed by atoms with Crippen molar-refractivity contribution in [3.05, 3.63) is 18.0 Å². The lowest BCUT2D eigenvalue weighted by Crippen LogP contribution is -2.14. The number of nitrogens with zero attached hydrogens (tertiary/aromatic N) is 2. The molecule has 0 aliphatic carbocycles. The summed E-state index contributed by atoms with van der Waals surface area (Å²) in [6, 6.07) is 2.17. The second kappa shape index (κ2) is 4.13. The van der Waals surface area contributed by atoms with E-state index in [2.05, 4.69) is 35.0 Å².